The number of carbonyl (C=O) groups is 2. The molecule has 2 aromatic heterocycles. The predicted molar refractivity (Wildman–Crippen MR) is 118 cm³/mol. The summed E-state index contributed by atoms with van der Waals surface area (Å²) in [6.45, 7) is 3.94. The predicted octanol–water partition coefficient (Wildman–Crippen LogP) is 4.75. The summed E-state index contributed by atoms with van der Waals surface area (Å²) in [4.78, 5) is 33.8. The lowest BCUT2D eigenvalue weighted by atomic mass is 10.1. The highest BCUT2D eigenvalue weighted by Crippen LogP contribution is 2.21. The van der Waals surface area contributed by atoms with Gasteiger partial charge < -0.3 is 10.6 Å². The topological polar surface area (TPSA) is 84.0 Å². The zero-order chi connectivity index (χ0) is 21.1. The third-order valence-corrected chi connectivity index (χ3v) is 4.62. The third kappa shape index (κ3) is 4.17. The van der Waals surface area contributed by atoms with Crippen LogP contribution in [0, 0.1) is 13.8 Å². The molecule has 6 heteroatoms. The number of hydrogen-bond donors (Lipinski definition) is 2. The maximum Gasteiger partial charge on any atom is 0.257 e. The summed E-state index contributed by atoms with van der Waals surface area (Å²) < 4.78 is 0. The summed E-state index contributed by atoms with van der Waals surface area (Å²) in [5.74, 6) is -0.685. The Bertz CT molecular complexity index is 1240. The van der Waals surface area contributed by atoms with Gasteiger partial charge in [0.1, 0.15) is 0 Å². The van der Waals surface area contributed by atoms with Crippen molar-refractivity contribution in [3.63, 3.8) is 0 Å². The molecule has 0 unspecified atom stereocenters. The van der Waals surface area contributed by atoms with Crippen LogP contribution < -0.4 is 10.6 Å². The second-order valence-electron chi connectivity index (χ2n) is 7.13. The minimum Gasteiger partial charge on any atom is -0.322 e. The molecule has 2 N–H and O–H groups in total. The van der Waals surface area contributed by atoms with E-state index in [-0.39, 0.29) is 17.4 Å². The molecule has 0 saturated carbocycles. The Kier molecular flexibility index (Phi) is 5.22. The van der Waals surface area contributed by atoms with E-state index >= 15 is 0 Å². The second-order valence-corrected chi connectivity index (χ2v) is 7.13. The Labute approximate surface area is 174 Å². The van der Waals surface area contributed by atoms with E-state index in [1.807, 2.05) is 56.3 Å². The molecule has 0 bridgehead atoms. The molecule has 4 aromatic rings. The maximum atomic E-state index is 12.8. The van der Waals surface area contributed by atoms with Gasteiger partial charge in [0.25, 0.3) is 11.8 Å². The highest BCUT2D eigenvalue weighted by Gasteiger charge is 2.13. The van der Waals surface area contributed by atoms with Crippen LogP contribution >= 0.6 is 0 Å². The molecule has 0 saturated heterocycles. The van der Waals surface area contributed by atoms with Crippen molar-refractivity contribution in [2.75, 3.05) is 10.6 Å². The monoisotopic (exact) mass is 396 g/mol. The van der Waals surface area contributed by atoms with Gasteiger partial charge in [0.05, 0.1) is 22.3 Å². The number of aryl methyl sites for hydroxylation is 2. The van der Waals surface area contributed by atoms with Crippen LogP contribution in [0.15, 0.2) is 73.2 Å². The maximum absolute atomic E-state index is 12.8. The summed E-state index contributed by atoms with van der Waals surface area (Å²) in [5.41, 5.74) is 4.71. The lowest BCUT2D eigenvalue weighted by Crippen LogP contribution is -2.16. The normalized spacial score (nSPS) is 10.6. The van der Waals surface area contributed by atoms with Crippen molar-refractivity contribution in [3.05, 3.63) is 95.4 Å². The third-order valence-electron chi connectivity index (χ3n) is 4.62. The Morgan fingerprint density at radius 2 is 1.47 bits per heavy atom. The first kappa shape index (κ1) is 19.3. The van der Waals surface area contributed by atoms with E-state index in [0.29, 0.717) is 22.5 Å². The molecule has 2 heterocycles. The van der Waals surface area contributed by atoms with Gasteiger partial charge in [0.2, 0.25) is 0 Å². The van der Waals surface area contributed by atoms with Crippen LogP contribution in [0.2, 0.25) is 0 Å². The van der Waals surface area contributed by atoms with E-state index in [1.54, 1.807) is 12.3 Å². The van der Waals surface area contributed by atoms with Gasteiger partial charge in [-0.25, -0.2) is 0 Å². The number of rotatable bonds is 4. The van der Waals surface area contributed by atoms with Crippen molar-refractivity contribution in [1.29, 1.82) is 0 Å². The molecule has 0 radical (unpaired) electrons. The molecule has 2 aromatic carbocycles. The Morgan fingerprint density at radius 3 is 2.20 bits per heavy atom. The molecule has 0 spiro atoms. The van der Waals surface area contributed by atoms with Crippen molar-refractivity contribution < 1.29 is 9.59 Å². The number of anilines is 2. The molecule has 0 aliphatic heterocycles. The van der Waals surface area contributed by atoms with Crippen LogP contribution in [0.25, 0.3) is 10.9 Å². The summed E-state index contributed by atoms with van der Waals surface area (Å²) >= 11 is 0. The fraction of sp³-hybridized carbons (Fsp3) is 0.0833. The molecule has 2 amide bonds. The molecule has 0 atom stereocenters. The van der Waals surface area contributed by atoms with Crippen LogP contribution in [0.1, 0.15) is 31.8 Å². The van der Waals surface area contributed by atoms with E-state index in [2.05, 4.69) is 20.6 Å². The zero-order valence-corrected chi connectivity index (χ0v) is 16.6. The zero-order valence-electron chi connectivity index (χ0n) is 16.6. The van der Waals surface area contributed by atoms with Gasteiger partial charge in [-0.2, -0.15) is 0 Å². The molecule has 0 aliphatic rings. The molecular formula is C24H20N4O2. The molecule has 0 aliphatic carbocycles. The number of fused-ring (bicyclic) bond motifs is 1. The molecule has 0 fully saturated rings. The lowest BCUT2D eigenvalue weighted by molar-refractivity contribution is 0.102. The van der Waals surface area contributed by atoms with Gasteiger partial charge in [0, 0.05) is 29.7 Å². The summed E-state index contributed by atoms with van der Waals surface area (Å²) in [5, 5.41) is 6.64. The number of nitrogens with one attached hydrogen (secondary N) is 2. The average molecular weight is 396 g/mol. The number of nitrogens with zero attached hydrogens (tertiary/aromatic N) is 2. The summed E-state index contributed by atoms with van der Waals surface area (Å²) in [6.07, 6.45) is 4.55. The largest absolute Gasteiger partial charge is 0.322 e. The van der Waals surface area contributed by atoms with E-state index in [9.17, 15) is 9.59 Å². The smallest absolute Gasteiger partial charge is 0.257 e. The Hall–Kier alpha value is -4.06. The number of para-hydroxylation sites is 1. The minimum atomic E-state index is -0.360. The van der Waals surface area contributed by atoms with Gasteiger partial charge in [0.15, 0.2) is 0 Å². The molecule has 4 rings (SSSR count). The van der Waals surface area contributed by atoms with E-state index < -0.39 is 0 Å². The van der Waals surface area contributed by atoms with Crippen LogP contribution in [0.3, 0.4) is 0 Å². The standard InChI is InChI=1S/C24H20N4O2/c1-15-9-16(2)11-20(10-15)27-23(29)18-12-19(14-25-13-18)24(30)28-21-7-3-5-17-6-4-8-26-22(17)21/h3-14H,1-2H3,(H,27,29)(H,28,30). The number of pyridine rings is 2. The van der Waals surface area contributed by atoms with Crippen LogP contribution in [-0.2, 0) is 0 Å². The van der Waals surface area contributed by atoms with E-state index in [1.165, 1.54) is 18.5 Å². The fourth-order valence-electron chi connectivity index (χ4n) is 3.34. The second kappa shape index (κ2) is 8.13. The number of amides is 2. The number of hydrogen-bond acceptors (Lipinski definition) is 4. The van der Waals surface area contributed by atoms with Gasteiger partial charge in [-0.1, -0.05) is 24.3 Å². The molecule has 6 nitrogen and oxygen atoms in total. The fourth-order valence-corrected chi connectivity index (χ4v) is 3.34. The average Bonchev–Trinajstić information content (AvgIpc) is 2.73. The molecular weight excluding hydrogens is 376 g/mol. The Morgan fingerprint density at radius 1 is 0.800 bits per heavy atom. The molecule has 30 heavy (non-hydrogen) atoms. The first-order valence-electron chi connectivity index (χ1n) is 9.49. The highest BCUT2D eigenvalue weighted by molar-refractivity contribution is 6.10. The number of carbonyl (C=O) groups excluding carboxylic acids is 2. The van der Waals surface area contributed by atoms with Gasteiger partial charge in [-0.3, -0.25) is 19.6 Å². The quantitative estimate of drug-likeness (QED) is 0.521. The number of aromatic nitrogens is 2. The summed E-state index contributed by atoms with van der Waals surface area (Å²) in [6, 6.07) is 16.7. The van der Waals surface area contributed by atoms with Gasteiger partial charge >= 0.3 is 0 Å². The van der Waals surface area contributed by atoms with Crippen molar-refractivity contribution in [2.24, 2.45) is 0 Å². The SMILES string of the molecule is Cc1cc(C)cc(NC(=O)c2cncc(C(=O)Nc3cccc4cccnc34)c2)c1. The first-order valence-corrected chi connectivity index (χ1v) is 9.49. The van der Waals surface area contributed by atoms with Crippen molar-refractivity contribution >= 4 is 34.1 Å². The molecule has 148 valence electrons. The lowest BCUT2D eigenvalue weighted by Gasteiger charge is -2.10. The van der Waals surface area contributed by atoms with Crippen molar-refractivity contribution in [1.82, 2.24) is 9.97 Å². The van der Waals surface area contributed by atoms with Crippen LogP contribution in [0.4, 0.5) is 11.4 Å². The first-order chi connectivity index (χ1) is 14.5. The van der Waals surface area contributed by atoms with Crippen molar-refractivity contribution in [2.45, 2.75) is 13.8 Å². The van der Waals surface area contributed by atoms with Crippen molar-refractivity contribution in [3.8, 4) is 0 Å². The van der Waals surface area contributed by atoms with Gasteiger partial charge in [-0.15, -0.1) is 0 Å². The van der Waals surface area contributed by atoms with Gasteiger partial charge in [-0.05, 0) is 55.3 Å². The Balaban J connectivity index is 1.55. The van der Waals surface area contributed by atoms with Crippen LogP contribution in [0.5, 0.6) is 0 Å². The van der Waals surface area contributed by atoms with E-state index in [0.717, 1.165) is 16.5 Å². The number of benzene rings is 2. The van der Waals surface area contributed by atoms with Crippen LogP contribution in [-0.4, -0.2) is 21.8 Å². The van der Waals surface area contributed by atoms with E-state index in [4.69, 9.17) is 0 Å². The highest BCUT2D eigenvalue weighted by atomic mass is 16.2. The summed E-state index contributed by atoms with van der Waals surface area (Å²) in [7, 11) is 0. The minimum absolute atomic E-state index is 0.288.